The van der Waals surface area contributed by atoms with E-state index in [1.807, 2.05) is 4.68 Å². The molecular weight excluding hydrogens is 250 g/mol. The van der Waals surface area contributed by atoms with Gasteiger partial charge in [0.25, 0.3) is 0 Å². The van der Waals surface area contributed by atoms with Gasteiger partial charge in [-0.25, -0.2) is 0 Å². The molecular formula is C13H22ClN3O. The van der Waals surface area contributed by atoms with E-state index >= 15 is 0 Å². The Balaban J connectivity index is 1.97. The van der Waals surface area contributed by atoms with Gasteiger partial charge < -0.3 is 10.1 Å². The predicted octanol–water partition coefficient (Wildman–Crippen LogP) is 2.24. The van der Waals surface area contributed by atoms with E-state index in [9.17, 15) is 0 Å². The van der Waals surface area contributed by atoms with Crippen molar-refractivity contribution in [2.45, 2.75) is 40.3 Å². The van der Waals surface area contributed by atoms with Crippen LogP contribution in [0.5, 0.6) is 0 Å². The summed E-state index contributed by atoms with van der Waals surface area (Å²) in [4.78, 5) is 0. The number of aromatic nitrogens is 2. The smallest absolute Gasteiger partial charge is 0.0863 e. The van der Waals surface area contributed by atoms with Gasteiger partial charge in [-0.3, -0.25) is 4.68 Å². The summed E-state index contributed by atoms with van der Waals surface area (Å²) in [5.41, 5.74) is 2.38. The summed E-state index contributed by atoms with van der Waals surface area (Å²) < 4.78 is 7.24. The van der Waals surface area contributed by atoms with Crippen LogP contribution in [0.2, 0.25) is 5.02 Å². The number of hydrogen-bond donors (Lipinski definition) is 1. The maximum absolute atomic E-state index is 6.36. The van der Waals surface area contributed by atoms with Gasteiger partial charge in [0, 0.05) is 25.0 Å². The minimum absolute atomic E-state index is 0.289. The van der Waals surface area contributed by atoms with Gasteiger partial charge in [0.05, 0.1) is 29.6 Å². The van der Waals surface area contributed by atoms with Crippen molar-refractivity contribution in [3.05, 3.63) is 16.4 Å². The van der Waals surface area contributed by atoms with Crippen LogP contribution in [0.3, 0.4) is 0 Å². The Morgan fingerprint density at radius 3 is 2.67 bits per heavy atom. The van der Waals surface area contributed by atoms with Gasteiger partial charge in [0.2, 0.25) is 0 Å². The van der Waals surface area contributed by atoms with Crippen LogP contribution in [0.1, 0.15) is 32.2 Å². The van der Waals surface area contributed by atoms with E-state index in [-0.39, 0.29) is 5.41 Å². The molecule has 18 heavy (non-hydrogen) atoms. The summed E-state index contributed by atoms with van der Waals surface area (Å²) in [7, 11) is 0. The summed E-state index contributed by atoms with van der Waals surface area (Å²) >= 11 is 6.36. The van der Waals surface area contributed by atoms with E-state index in [4.69, 9.17) is 16.3 Å². The second-order valence-electron chi connectivity index (χ2n) is 5.28. The minimum atomic E-state index is 0.289. The highest BCUT2D eigenvalue weighted by molar-refractivity contribution is 6.31. The molecule has 2 heterocycles. The van der Waals surface area contributed by atoms with E-state index in [1.165, 1.54) is 0 Å². The molecule has 0 bridgehead atoms. The molecule has 1 aromatic rings. The number of aryl methyl sites for hydroxylation is 2. The van der Waals surface area contributed by atoms with Crippen molar-refractivity contribution < 1.29 is 4.74 Å². The van der Waals surface area contributed by atoms with Crippen LogP contribution in [-0.4, -0.2) is 29.5 Å². The van der Waals surface area contributed by atoms with Gasteiger partial charge in [0.1, 0.15) is 0 Å². The molecule has 1 saturated heterocycles. The van der Waals surface area contributed by atoms with Crippen molar-refractivity contribution in [3.63, 3.8) is 0 Å². The molecule has 5 heteroatoms. The Morgan fingerprint density at radius 2 is 2.17 bits per heavy atom. The molecule has 4 nitrogen and oxygen atoms in total. The third-order valence-corrected chi connectivity index (χ3v) is 3.88. The van der Waals surface area contributed by atoms with E-state index in [0.29, 0.717) is 0 Å². The molecule has 1 aliphatic heterocycles. The van der Waals surface area contributed by atoms with Gasteiger partial charge in [-0.05, 0) is 13.3 Å². The molecule has 0 aromatic carbocycles. The highest BCUT2D eigenvalue weighted by Crippen LogP contribution is 2.26. The quantitative estimate of drug-likeness (QED) is 0.863. The summed E-state index contributed by atoms with van der Waals surface area (Å²) in [5.74, 6) is 0. The van der Waals surface area contributed by atoms with Crippen molar-refractivity contribution in [2.24, 2.45) is 5.41 Å². The minimum Gasteiger partial charge on any atom is -0.380 e. The van der Waals surface area contributed by atoms with Gasteiger partial charge in [-0.15, -0.1) is 0 Å². The molecule has 2 rings (SSSR count). The Bertz CT molecular complexity index is 413. The van der Waals surface area contributed by atoms with Crippen LogP contribution >= 0.6 is 11.6 Å². The molecule has 1 aromatic heterocycles. The van der Waals surface area contributed by atoms with Crippen LogP contribution in [0.25, 0.3) is 0 Å². The van der Waals surface area contributed by atoms with Crippen molar-refractivity contribution in [1.82, 2.24) is 15.1 Å². The summed E-state index contributed by atoms with van der Waals surface area (Å²) in [6, 6.07) is 0. The average molecular weight is 272 g/mol. The molecule has 0 aliphatic carbocycles. The Kier molecular flexibility index (Phi) is 4.30. The average Bonchev–Trinajstić information content (AvgIpc) is 2.64. The Hall–Kier alpha value is -0.580. The first-order valence-corrected chi connectivity index (χ1v) is 7.00. The zero-order valence-electron chi connectivity index (χ0n) is 11.4. The normalized spacial score (nSPS) is 17.8. The van der Waals surface area contributed by atoms with Crippen molar-refractivity contribution in [1.29, 1.82) is 0 Å². The number of hydrogen-bond acceptors (Lipinski definition) is 3. The zero-order chi connectivity index (χ0) is 13.2. The molecule has 0 atom stereocenters. The first-order chi connectivity index (χ1) is 8.59. The van der Waals surface area contributed by atoms with Crippen molar-refractivity contribution in [2.75, 3.05) is 19.8 Å². The standard InChI is InChI=1S/C13H22ClN3O/c1-4-10-12(14)11(17(5-2)16-10)6-15-7-13(3)8-18-9-13/h15H,4-9H2,1-3H3. The lowest BCUT2D eigenvalue weighted by Gasteiger charge is -2.38. The molecule has 1 aliphatic rings. The SMILES string of the molecule is CCc1nn(CC)c(CNCC2(C)COC2)c1Cl. The number of nitrogens with zero attached hydrogens (tertiary/aromatic N) is 2. The maximum Gasteiger partial charge on any atom is 0.0863 e. The topological polar surface area (TPSA) is 39.1 Å². The Labute approximate surface area is 114 Å². The van der Waals surface area contributed by atoms with Crippen molar-refractivity contribution in [3.8, 4) is 0 Å². The molecule has 1 fully saturated rings. The summed E-state index contributed by atoms with van der Waals surface area (Å²) in [6.07, 6.45) is 0.879. The van der Waals surface area contributed by atoms with E-state index in [2.05, 4.69) is 31.2 Å². The van der Waals surface area contributed by atoms with Gasteiger partial charge >= 0.3 is 0 Å². The molecule has 0 amide bonds. The number of rotatable bonds is 6. The fraction of sp³-hybridized carbons (Fsp3) is 0.769. The molecule has 0 radical (unpaired) electrons. The highest BCUT2D eigenvalue weighted by atomic mass is 35.5. The van der Waals surface area contributed by atoms with Gasteiger partial charge in [0.15, 0.2) is 0 Å². The Morgan fingerprint density at radius 1 is 1.44 bits per heavy atom. The van der Waals surface area contributed by atoms with E-state index in [1.54, 1.807) is 0 Å². The number of ether oxygens (including phenoxy) is 1. The second-order valence-corrected chi connectivity index (χ2v) is 5.66. The van der Waals surface area contributed by atoms with Crippen LogP contribution < -0.4 is 5.32 Å². The van der Waals surface area contributed by atoms with Crippen LogP contribution in [0.15, 0.2) is 0 Å². The van der Waals surface area contributed by atoms with Gasteiger partial charge in [-0.2, -0.15) is 5.10 Å². The first-order valence-electron chi connectivity index (χ1n) is 6.62. The van der Waals surface area contributed by atoms with E-state index < -0.39 is 0 Å². The molecule has 1 N–H and O–H groups in total. The largest absolute Gasteiger partial charge is 0.380 e. The monoisotopic (exact) mass is 271 g/mol. The van der Waals surface area contributed by atoms with Crippen LogP contribution in [0, 0.1) is 5.41 Å². The highest BCUT2D eigenvalue weighted by Gasteiger charge is 2.32. The number of halogens is 1. The van der Waals surface area contributed by atoms with Gasteiger partial charge in [-0.1, -0.05) is 25.4 Å². The zero-order valence-corrected chi connectivity index (χ0v) is 12.2. The lowest BCUT2D eigenvalue weighted by atomic mass is 9.89. The summed E-state index contributed by atoms with van der Waals surface area (Å²) in [6.45, 7) is 10.7. The molecule has 0 spiro atoms. The van der Waals surface area contributed by atoms with Crippen LogP contribution in [-0.2, 0) is 24.2 Å². The summed E-state index contributed by atoms with van der Waals surface area (Å²) in [5, 5.41) is 8.81. The third kappa shape index (κ3) is 2.71. The first kappa shape index (κ1) is 13.8. The molecule has 0 saturated carbocycles. The maximum atomic E-state index is 6.36. The molecule has 102 valence electrons. The second kappa shape index (κ2) is 5.59. The van der Waals surface area contributed by atoms with Crippen molar-refractivity contribution >= 4 is 11.6 Å². The predicted molar refractivity (Wildman–Crippen MR) is 72.9 cm³/mol. The fourth-order valence-electron chi connectivity index (χ4n) is 2.22. The fourth-order valence-corrected chi connectivity index (χ4v) is 2.56. The lowest BCUT2D eigenvalue weighted by Crippen LogP contribution is -2.47. The third-order valence-electron chi connectivity index (χ3n) is 3.44. The number of nitrogens with one attached hydrogen (secondary N) is 1. The van der Waals surface area contributed by atoms with E-state index in [0.717, 1.165) is 55.7 Å². The lowest BCUT2D eigenvalue weighted by molar-refractivity contribution is -0.0992. The molecule has 0 unspecified atom stereocenters. The van der Waals surface area contributed by atoms with Crippen LogP contribution in [0.4, 0.5) is 0 Å².